The number of halogens is 1. The summed E-state index contributed by atoms with van der Waals surface area (Å²) in [5, 5.41) is 29.0. The summed E-state index contributed by atoms with van der Waals surface area (Å²) in [7, 11) is 4.01. The first-order valence-electron chi connectivity index (χ1n) is 15.6. The number of fused-ring (bicyclic) bond motifs is 2. The highest BCUT2D eigenvalue weighted by Gasteiger charge is 2.20. The molecule has 0 aliphatic heterocycles. The lowest BCUT2D eigenvalue weighted by molar-refractivity contribution is -0.510. The fourth-order valence-corrected chi connectivity index (χ4v) is 5.77. The van der Waals surface area contributed by atoms with E-state index in [0.29, 0.717) is 0 Å². The van der Waals surface area contributed by atoms with E-state index in [1.54, 1.807) is 0 Å². The van der Waals surface area contributed by atoms with Gasteiger partial charge in [0.15, 0.2) is 11.4 Å². The maximum Gasteiger partial charge on any atom is 0.286 e. The minimum absolute atomic E-state index is 0. The largest absolute Gasteiger partial charge is 1.00 e. The smallest absolute Gasteiger partial charge is 0.286 e. The van der Waals surface area contributed by atoms with Gasteiger partial charge < -0.3 is 27.2 Å². The number of phenols is 2. The summed E-state index contributed by atoms with van der Waals surface area (Å²) in [6, 6.07) is 29.3. The van der Waals surface area contributed by atoms with Crippen molar-refractivity contribution in [1.82, 2.24) is 20.0 Å². The van der Waals surface area contributed by atoms with E-state index in [-0.39, 0.29) is 28.1 Å². The fourth-order valence-electron chi connectivity index (χ4n) is 5.77. The molecule has 2 amide bonds. The van der Waals surface area contributed by atoms with Gasteiger partial charge in [-0.25, -0.2) is 28.8 Å². The lowest BCUT2D eigenvalue weighted by Crippen LogP contribution is -3.00. The number of amides is 2. The molecular weight excluding hydrogens is 712 g/mol. The lowest BCUT2D eigenvalue weighted by atomic mass is 10.1. The van der Waals surface area contributed by atoms with Gasteiger partial charge in [0.1, 0.15) is 23.9 Å². The van der Waals surface area contributed by atoms with Crippen LogP contribution in [0.4, 0.5) is 0 Å². The highest BCUT2D eigenvalue weighted by atomic mass is 79.9. The van der Waals surface area contributed by atoms with E-state index in [1.807, 2.05) is 120 Å². The predicted octanol–water partition coefficient (Wildman–Crippen LogP) is 1.12. The van der Waals surface area contributed by atoms with E-state index < -0.39 is 23.3 Å². The Bertz CT molecular complexity index is 2290. The van der Waals surface area contributed by atoms with Crippen molar-refractivity contribution in [1.29, 1.82) is 0 Å². The maximum atomic E-state index is 12.7. The van der Waals surface area contributed by atoms with Crippen molar-refractivity contribution >= 4 is 35.5 Å². The van der Waals surface area contributed by atoms with Crippen molar-refractivity contribution in [3.63, 3.8) is 0 Å². The number of hydrogen-bond donors (Lipinski definition) is 4. The van der Waals surface area contributed by atoms with Gasteiger partial charge in [-0.2, -0.15) is 10.2 Å². The normalized spacial score (nSPS) is 11.3. The molecule has 0 spiro atoms. The summed E-state index contributed by atoms with van der Waals surface area (Å²) in [6.45, 7) is 0. The number of aromatic nitrogens is 4. The zero-order chi connectivity index (χ0) is 34.8. The molecule has 4 aromatic heterocycles. The molecule has 13 heteroatoms. The zero-order valence-electron chi connectivity index (χ0n) is 27.5. The summed E-state index contributed by atoms with van der Waals surface area (Å²) in [5.74, 6) is -2.56. The molecule has 0 aliphatic carbocycles. The highest BCUT2D eigenvalue weighted by Crippen LogP contribution is 2.27. The Morgan fingerprint density at radius 1 is 0.627 bits per heavy atom. The number of aromatic hydroxyl groups is 2. The summed E-state index contributed by atoms with van der Waals surface area (Å²) in [6.07, 6.45) is 11.0. The van der Waals surface area contributed by atoms with Gasteiger partial charge in [-0.05, 0) is 59.7 Å². The Kier molecular flexibility index (Phi) is 9.73. The number of hydrogen-bond acceptors (Lipinski definition) is 6. The van der Waals surface area contributed by atoms with Crippen LogP contribution in [0.25, 0.3) is 33.8 Å². The monoisotopic (exact) mass is 743 g/mol. The summed E-state index contributed by atoms with van der Waals surface area (Å²) >= 11 is 0. The molecule has 0 fully saturated rings. The molecule has 0 saturated heterocycles. The van der Waals surface area contributed by atoms with E-state index >= 15 is 0 Å². The first-order valence-corrected chi connectivity index (χ1v) is 15.6. The lowest BCUT2D eigenvalue weighted by Gasteiger charge is -2.08. The Morgan fingerprint density at radius 3 is 1.39 bits per heavy atom. The minimum atomic E-state index is -0.770. The predicted molar refractivity (Wildman–Crippen MR) is 188 cm³/mol. The molecule has 7 aromatic rings. The molecule has 51 heavy (non-hydrogen) atoms. The molecule has 0 aliphatic rings. The summed E-state index contributed by atoms with van der Waals surface area (Å²) in [4.78, 5) is 25.5. The number of carbonyl (C=O) groups excluding carboxylic acids is 2. The van der Waals surface area contributed by atoms with Crippen molar-refractivity contribution in [2.75, 3.05) is 0 Å². The Morgan fingerprint density at radius 2 is 1.02 bits per heavy atom. The van der Waals surface area contributed by atoms with Crippen LogP contribution in [0.1, 0.15) is 31.8 Å². The topological polar surface area (TPSA) is 141 Å². The third-order valence-electron chi connectivity index (χ3n) is 8.44. The second-order valence-corrected chi connectivity index (χ2v) is 11.6. The van der Waals surface area contributed by atoms with Crippen LogP contribution in [-0.2, 0) is 14.1 Å². The van der Waals surface area contributed by atoms with Crippen molar-refractivity contribution in [2.24, 2.45) is 24.3 Å². The highest BCUT2D eigenvalue weighted by molar-refractivity contribution is 6.02. The van der Waals surface area contributed by atoms with E-state index in [2.05, 4.69) is 42.6 Å². The number of carbonyl (C=O) groups is 2. The van der Waals surface area contributed by atoms with E-state index in [1.165, 1.54) is 12.4 Å². The Hall–Kier alpha value is -6.60. The molecule has 0 unspecified atom stereocenters. The Labute approximate surface area is 302 Å². The summed E-state index contributed by atoms with van der Waals surface area (Å²) < 4.78 is 8.29. The molecular formula is C38H32BrN8O4+. The number of benzene rings is 3. The minimum Gasteiger partial charge on any atom is -1.00 e. The number of hydrazone groups is 2. The van der Waals surface area contributed by atoms with Crippen LogP contribution >= 0.6 is 0 Å². The second kappa shape index (κ2) is 14.5. The van der Waals surface area contributed by atoms with Crippen molar-refractivity contribution in [3.8, 4) is 34.0 Å². The molecule has 12 nitrogen and oxygen atoms in total. The van der Waals surface area contributed by atoms with Gasteiger partial charge in [0.05, 0.1) is 50.0 Å². The van der Waals surface area contributed by atoms with Gasteiger partial charge in [-0.3, -0.25) is 9.59 Å². The Balaban J connectivity index is 0.00000448. The quantitative estimate of drug-likeness (QED) is 0.0802. The molecule has 7 rings (SSSR count). The SMILES string of the molecule is Cn1c(-c2ccc(C=NNC(=O)c3cc(O)c(C(=O)NN=Cc4ccc(-c5c[n+]6ccccc6n5C)cc4)cc3O)cc2)c[n+]2ccccc12.[Br-]. The van der Waals surface area contributed by atoms with Gasteiger partial charge in [0.25, 0.3) is 23.1 Å². The van der Waals surface area contributed by atoms with Crippen LogP contribution in [0.5, 0.6) is 11.5 Å². The van der Waals surface area contributed by atoms with Crippen molar-refractivity contribution < 1.29 is 45.6 Å². The molecule has 0 atom stereocenters. The maximum absolute atomic E-state index is 12.7. The number of imidazole rings is 2. The summed E-state index contributed by atoms with van der Waals surface area (Å²) in [5.41, 5.74) is 11.8. The molecule has 0 bridgehead atoms. The number of rotatable bonds is 8. The zero-order valence-corrected chi connectivity index (χ0v) is 29.1. The van der Waals surface area contributed by atoms with Crippen LogP contribution in [0.2, 0.25) is 0 Å². The van der Waals surface area contributed by atoms with Crippen LogP contribution in [0.3, 0.4) is 0 Å². The second-order valence-electron chi connectivity index (χ2n) is 11.6. The number of pyridine rings is 2. The molecule has 254 valence electrons. The number of nitrogens with zero attached hydrogens (tertiary/aromatic N) is 6. The van der Waals surface area contributed by atoms with Gasteiger partial charge >= 0.3 is 0 Å². The van der Waals surface area contributed by atoms with Gasteiger partial charge in [0.2, 0.25) is 0 Å². The average Bonchev–Trinajstić information content (AvgIpc) is 3.65. The first-order chi connectivity index (χ1) is 24.3. The average molecular weight is 745 g/mol. The fraction of sp³-hybridized carbons (Fsp3) is 0.0526. The number of phenolic OH excluding ortho intramolecular Hbond substituents is 2. The molecule has 0 radical (unpaired) electrons. The van der Waals surface area contributed by atoms with Crippen molar-refractivity contribution in [2.45, 2.75) is 0 Å². The number of nitrogens with one attached hydrogen (secondary N) is 2. The van der Waals surface area contributed by atoms with E-state index in [0.717, 1.165) is 57.1 Å². The van der Waals surface area contributed by atoms with Crippen LogP contribution in [-0.4, -0.2) is 43.6 Å². The van der Waals surface area contributed by atoms with Gasteiger partial charge in [-0.1, -0.05) is 36.4 Å². The number of aryl methyl sites for hydroxylation is 2. The third kappa shape index (κ3) is 6.96. The molecule has 4 N–H and O–H groups in total. The molecule has 3 aromatic carbocycles. The standard InChI is InChI=1S/C38H30N8O4.BrH/c1-43-31(23-45-17-5-3-7-35(43)45)27-13-9-25(10-14-27)21-39-41-37(49)29-19-34(48)30(20-33(29)47)38(50)42-40-22-26-11-15-28(16-12-26)32-24-46-18-6-4-8-36(46)44(32)2;/h3-24H,1-2H3,(H2-2,41,42,47,48,49,50);1H/p+1. The van der Waals surface area contributed by atoms with Crippen LogP contribution in [0.15, 0.2) is 132 Å². The van der Waals surface area contributed by atoms with Crippen LogP contribution < -0.4 is 36.6 Å². The van der Waals surface area contributed by atoms with E-state index in [4.69, 9.17) is 0 Å². The van der Waals surface area contributed by atoms with Crippen molar-refractivity contribution in [3.05, 3.63) is 144 Å². The third-order valence-corrected chi connectivity index (χ3v) is 8.44. The molecule has 4 heterocycles. The van der Waals surface area contributed by atoms with Crippen LogP contribution in [0, 0.1) is 0 Å². The molecule has 0 saturated carbocycles. The van der Waals surface area contributed by atoms with E-state index in [9.17, 15) is 19.8 Å². The first kappa shape index (κ1) is 34.3. The van der Waals surface area contributed by atoms with Gasteiger partial charge in [0, 0.05) is 23.3 Å². The van der Waals surface area contributed by atoms with Gasteiger partial charge in [-0.15, -0.1) is 0 Å².